The summed E-state index contributed by atoms with van der Waals surface area (Å²) >= 11 is 0. The van der Waals surface area contributed by atoms with Crippen LogP contribution in [-0.2, 0) is 9.53 Å². The molecular formula is C14H24O2. The fourth-order valence-electron chi connectivity index (χ4n) is 3.54. The molecule has 4 unspecified atom stereocenters. The molecule has 2 rings (SSSR count). The molecule has 2 nitrogen and oxygen atoms in total. The van der Waals surface area contributed by atoms with Crippen LogP contribution in [0.25, 0.3) is 0 Å². The number of Topliss-reactive ketones (excluding diaryl/α,β-unsaturated/α-hetero) is 1. The molecule has 2 bridgehead atoms. The number of hydrogen-bond acceptors (Lipinski definition) is 2. The van der Waals surface area contributed by atoms with Crippen LogP contribution in [0.4, 0.5) is 0 Å². The second-order valence-corrected chi connectivity index (χ2v) is 5.79. The van der Waals surface area contributed by atoms with Crippen LogP contribution < -0.4 is 0 Å². The van der Waals surface area contributed by atoms with Crippen LogP contribution in [0.2, 0.25) is 0 Å². The summed E-state index contributed by atoms with van der Waals surface area (Å²) in [6.45, 7) is 2.76. The van der Waals surface area contributed by atoms with E-state index in [2.05, 4.69) is 6.92 Å². The summed E-state index contributed by atoms with van der Waals surface area (Å²) in [5.74, 6) is 3.21. The summed E-state index contributed by atoms with van der Waals surface area (Å²) in [6.07, 6.45) is 7.27. The first-order valence-electron chi connectivity index (χ1n) is 6.72. The van der Waals surface area contributed by atoms with E-state index in [0.717, 1.165) is 30.6 Å². The number of carbonyl (C=O) groups excluding carboxylic acids is 1. The third-order valence-electron chi connectivity index (χ3n) is 4.65. The van der Waals surface area contributed by atoms with Crippen molar-refractivity contribution in [1.29, 1.82) is 0 Å². The van der Waals surface area contributed by atoms with Crippen molar-refractivity contribution in [3.63, 3.8) is 0 Å². The molecular weight excluding hydrogens is 200 g/mol. The molecule has 0 aromatic rings. The number of rotatable bonds is 6. The lowest BCUT2D eigenvalue weighted by atomic mass is 9.83. The lowest BCUT2D eigenvalue weighted by molar-refractivity contribution is -0.124. The Kier molecular flexibility index (Phi) is 4.01. The van der Waals surface area contributed by atoms with E-state index in [1.165, 1.54) is 25.7 Å². The molecule has 16 heavy (non-hydrogen) atoms. The summed E-state index contributed by atoms with van der Waals surface area (Å²) < 4.78 is 5.03. The maximum Gasteiger partial charge on any atom is 0.136 e. The minimum atomic E-state index is 0.194. The van der Waals surface area contributed by atoms with Crippen molar-refractivity contribution in [1.82, 2.24) is 0 Å². The highest BCUT2D eigenvalue weighted by atomic mass is 16.5. The fourth-order valence-corrected chi connectivity index (χ4v) is 3.54. The first-order valence-corrected chi connectivity index (χ1v) is 6.72. The van der Waals surface area contributed by atoms with Gasteiger partial charge >= 0.3 is 0 Å². The van der Waals surface area contributed by atoms with Gasteiger partial charge in [-0.05, 0) is 43.4 Å². The highest BCUT2D eigenvalue weighted by Crippen LogP contribution is 2.49. The van der Waals surface area contributed by atoms with Gasteiger partial charge in [0, 0.05) is 26.1 Å². The quantitative estimate of drug-likeness (QED) is 0.693. The van der Waals surface area contributed by atoms with E-state index in [0.29, 0.717) is 12.4 Å². The number of ketones is 1. The van der Waals surface area contributed by atoms with Gasteiger partial charge in [-0.15, -0.1) is 0 Å². The Balaban J connectivity index is 1.74. The molecule has 0 heterocycles. The largest absolute Gasteiger partial charge is 0.385 e. The zero-order valence-electron chi connectivity index (χ0n) is 10.6. The second-order valence-electron chi connectivity index (χ2n) is 5.79. The van der Waals surface area contributed by atoms with Gasteiger partial charge in [0.1, 0.15) is 5.78 Å². The molecule has 0 saturated heterocycles. The SMILES string of the molecule is COCCC(C)C(=O)CC1CC2CCC1C2. The molecule has 4 atom stereocenters. The lowest BCUT2D eigenvalue weighted by Crippen LogP contribution is -2.20. The Hall–Kier alpha value is -0.370. The maximum atomic E-state index is 12.0. The van der Waals surface area contributed by atoms with E-state index < -0.39 is 0 Å². The Bertz CT molecular complexity index is 249. The normalized spacial score (nSPS) is 34.2. The smallest absolute Gasteiger partial charge is 0.136 e. The van der Waals surface area contributed by atoms with Crippen molar-refractivity contribution in [3.05, 3.63) is 0 Å². The Morgan fingerprint density at radius 2 is 2.19 bits per heavy atom. The van der Waals surface area contributed by atoms with Crippen molar-refractivity contribution in [2.45, 2.75) is 45.4 Å². The van der Waals surface area contributed by atoms with Crippen molar-refractivity contribution < 1.29 is 9.53 Å². The van der Waals surface area contributed by atoms with Crippen LogP contribution in [0.3, 0.4) is 0 Å². The van der Waals surface area contributed by atoms with Crippen molar-refractivity contribution in [2.24, 2.45) is 23.7 Å². The van der Waals surface area contributed by atoms with E-state index in [9.17, 15) is 4.79 Å². The standard InChI is InChI=1S/C14H24O2/c1-10(5-6-16-2)14(15)9-13-8-11-3-4-12(13)7-11/h10-13H,3-9H2,1-2H3. The van der Waals surface area contributed by atoms with Gasteiger partial charge in [0.2, 0.25) is 0 Å². The van der Waals surface area contributed by atoms with Crippen LogP contribution in [0.1, 0.15) is 45.4 Å². The van der Waals surface area contributed by atoms with Gasteiger partial charge < -0.3 is 4.74 Å². The molecule has 0 radical (unpaired) electrons. The molecule has 2 heteroatoms. The minimum Gasteiger partial charge on any atom is -0.385 e. The van der Waals surface area contributed by atoms with Crippen LogP contribution in [0.15, 0.2) is 0 Å². The summed E-state index contributed by atoms with van der Waals surface area (Å²) in [4.78, 5) is 12.0. The highest BCUT2D eigenvalue weighted by Gasteiger charge is 2.40. The zero-order valence-corrected chi connectivity index (χ0v) is 10.6. The zero-order chi connectivity index (χ0) is 11.5. The fraction of sp³-hybridized carbons (Fsp3) is 0.929. The van der Waals surface area contributed by atoms with Gasteiger partial charge in [0.25, 0.3) is 0 Å². The van der Waals surface area contributed by atoms with Gasteiger partial charge in [-0.2, -0.15) is 0 Å². The van der Waals surface area contributed by atoms with E-state index in [4.69, 9.17) is 4.74 Å². The predicted octanol–water partition coefficient (Wildman–Crippen LogP) is 3.05. The first-order chi connectivity index (χ1) is 7.70. The average molecular weight is 224 g/mol. The average Bonchev–Trinajstić information content (AvgIpc) is 2.87. The summed E-state index contributed by atoms with van der Waals surface area (Å²) in [5.41, 5.74) is 0. The van der Waals surface area contributed by atoms with Crippen molar-refractivity contribution in [3.8, 4) is 0 Å². The minimum absolute atomic E-state index is 0.194. The number of ether oxygens (including phenoxy) is 1. The predicted molar refractivity (Wildman–Crippen MR) is 64.2 cm³/mol. The molecule has 2 fully saturated rings. The first kappa shape index (κ1) is 12.1. The molecule has 0 aromatic carbocycles. The second kappa shape index (κ2) is 5.31. The maximum absolute atomic E-state index is 12.0. The van der Waals surface area contributed by atoms with Gasteiger partial charge in [-0.25, -0.2) is 0 Å². The summed E-state index contributed by atoms with van der Waals surface area (Å²) in [5, 5.41) is 0. The molecule has 2 aliphatic carbocycles. The molecule has 2 aliphatic rings. The van der Waals surface area contributed by atoms with Crippen molar-refractivity contribution in [2.75, 3.05) is 13.7 Å². The highest BCUT2D eigenvalue weighted by molar-refractivity contribution is 5.80. The number of hydrogen-bond donors (Lipinski definition) is 0. The van der Waals surface area contributed by atoms with Crippen LogP contribution in [0, 0.1) is 23.7 Å². The number of fused-ring (bicyclic) bond motifs is 2. The topological polar surface area (TPSA) is 26.3 Å². The molecule has 0 aliphatic heterocycles. The van der Waals surface area contributed by atoms with E-state index in [-0.39, 0.29) is 5.92 Å². The van der Waals surface area contributed by atoms with E-state index >= 15 is 0 Å². The van der Waals surface area contributed by atoms with Gasteiger partial charge in [-0.1, -0.05) is 13.3 Å². The molecule has 0 aromatic heterocycles. The molecule has 0 N–H and O–H groups in total. The molecule has 92 valence electrons. The molecule has 2 saturated carbocycles. The van der Waals surface area contributed by atoms with Crippen LogP contribution in [0.5, 0.6) is 0 Å². The number of carbonyl (C=O) groups is 1. The Morgan fingerprint density at radius 1 is 1.38 bits per heavy atom. The van der Waals surface area contributed by atoms with Gasteiger partial charge in [-0.3, -0.25) is 4.79 Å². The van der Waals surface area contributed by atoms with E-state index in [1.807, 2.05) is 0 Å². The Morgan fingerprint density at radius 3 is 2.75 bits per heavy atom. The molecule has 0 amide bonds. The number of methoxy groups -OCH3 is 1. The summed E-state index contributed by atoms with van der Waals surface area (Å²) in [7, 11) is 1.70. The monoisotopic (exact) mass is 224 g/mol. The Labute approximate surface area is 98.7 Å². The van der Waals surface area contributed by atoms with Crippen molar-refractivity contribution >= 4 is 5.78 Å². The summed E-state index contributed by atoms with van der Waals surface area (Å²) in [6, 6.07) is 0. The van der Waals surface area contributed by atoms with Gasteiger partial charge in [0.05, 0.1) is 0 Å². The van der Waals surface area contributed by atoms with Crippen LogP contribution >= 0.6 is 0 Å². The van der Waals surface area contributed by atoms with Crippen LogP contribution in [-0.4, -0.2) is 19.5 Å². The third kappa shape index (κ3) is 2.65. The van der Waals surface area contributed by atoms with E-state index in [1.54, 1.807) is 7.11 Å². The lowest BCUT2D eigenvalue weighted by Gasteiger charge is -2.22. The molecule has 0 spiro atoms. The van der Waals surface area contributed by atoms with Gasteiger partial charge in [0.15, 0.2) is 0 Å². The third-order valence-corrected chi connectivity index (χ3v) is 4.65.